The first-order valence-electron chi connectivity index (χ1n) is 9.45. The van der Waals surface area contributed by atoms with Gasteiger partial charge in [-0.2, -0.15) is 0 Å². The molecule has 6 heteroatoms. The highest BCUT2D eigenvalue weighted by molar-refractivity contribution is 5.74. The zero-order valence-corrected chi connectivity index (χ0v) is 15.9. The van der Waals surface area contributed by atoms with Crippen molar-refractivity contribution in [3.05, 3.63) is 65.5 Å². The molecular weight excluding hydrogens is 340 g/mol. The van der Waals surface area contributed by atoms with Gasteiger partial charge in [0.15, 0.2) is 0 Å². The Morgan fingerprint density at radius 2 is 1.74 bits per heavy atom. The Labute approximate surface area is 160 Å². The molecule has 3 rings (SSSR count). The van der Waals surface area contributed by atoms with Crippen LogP contribution >= 0.6 is 0 Å². The maximum Gasteiger partial charge on any atom is 0.315 e. The molecular formula is C21H28N4O2. The van der Waals surface area contributed by atoms with Crippen LogP contribution in [0.1, 0.15) is 29.5 Å². The first kappa shape index (κ1) is 19.3. The minimum atomic E-state index is -0.0939. The van der Waals surface area contributed by atoms with Crippen LogP contribution in [-0.4, -0.2) is 42.2 Å². The van der Waals surface area contributed by atoms with Crippen LogP contribution in [0.15, 0.2) is 48.8 Å². The van der Waals surface area contributed by atoms with E-state index >= 15 is 0 Å². The number of likely N-dealkylation sites (tertiary alicyclic amines) is 1. The third kappa shape index (κ3) is 6.34. The number of hydrogen-bond donors (Lipinski definition) is 2. The molecule has 1 aromatic heterocycles. The number of carbonyl (C=O) groups is 1. The van der Waals surface area contributed by atoms with Crippen molar-refractivity contribution < 1.29 is 9.53 Å². The molecule has 2 heterocycles. The largest absolute Gasteiger partial charge is 0.380 e. The van der Waals surface area contributed by atoms with Gasteiger partial charge < -0.3 is 15.4 Å². The number of benzene rings is 1. The monoisotopic (exact) mass is 368 g/mol. The highest BCUT2D eigenvalue weighted by atomic mass is 16.5. The summed E-state index contributed by atoms with van der Waals surface area (Å²) in [7, 11) is 1.68. The van der Waals surface area contributed by atoms with Crippen molar-refractivity contribution in [2.75, 3.05) is 20.2 Å². The van der Waals surface area contributed by atoms with E-state index in [0.717, 1.165) is 43.6 Å². The predicted molar refractivity (Wildman–Crippen MR) is 105 cm³/mol. The number of piperidine rings is 1. The second-order valence-electron chi connectivity index (χ2n) is 6.98. The molecule has 1 aliphatic heterocycles. The smallest absolute Gasteiger partial charge is 0.315 e. The van der Waals surface area contributed by atoms with Crippen LogP contribution in [-0.2, 0) is 24.4 Å². The Kier molecular flexibility index (Phi) is 7.19. The van der Waals surface area contributed by atoms with Gasteiger partial charge in [0.25, 0.3) is 0 Å². The number of amides is 2. The third-order valence-corrected chi connectivity index (χ3v) is 4.87. The lowest BCUT2D eigenvalue weighted by molar-refractivity contribution is 0.185. The summed E-state index contributed by atoms with van der Waals surface area (Å²) in [5.74, 6) is 0. The van der Waals surface area contributed by atoms with Crippen molar-refractivity contribution in [2.24, 2.45) is 0 Å². The maximum atomic E-state index is 12.2. The number of carbonyl (C=O) groups excluding carboxylic acids is 1. The van der Waals surface area contributed by atoms with Crippen LogP contribution in [0.2, 0.25) is 0 Å². The number of aromatic nitrogens is 1. The van der Waals surface area contributed by atoms with Gasteiger partial charge in [-0.15, -0.1) is 0 Å². The summed E-state index contributed by atoms with van der Waals surface area (Å²) in [6.45, 7) is 4.07. The number of hydrogen-bond acceptors (Lipinski definition) is 4. The number of methoxy groups -OCH3 is 1. The van der Waals surface area contributed by atoms with Gasteiger partial charge in [0.2, 0.25) is 0 Å². The Balaban J connectivity index is 1.35. The van der Waals surface area contributed by atoms with E-state index in [-0.39, 0.29) is 12.1 Å². The zero-order valence-electron chi connectivity index (χ0n) is 15.9. The molecule has 0 radical (unpaired) electrons. The Hall–Kier alpha value is -2.44. The molecule has 6 nitrogen and oxygen atoms in total. The first-order chi connectivity index (χ1) is 13.2. The molecule has 0 bridgehead atoms. The lowest BCUT2D eigenvalue weighted by atomic mass is 10.0. The molecule has 2 amide bonds. The van der Waals surface area contributed by atoms with Crippen molar-refractivity contribution in [1.29, 1.82) is 0 Å². The summed E-state index contributed by atoms with van der Waals surface area (Å²) in [4.78, 5) is 18.6. The van der Waals surface area contributed by atoms with E-state index < -0.39 is 0 Å². The van der Waals surface area contributed by atoms with Crippen LogP contribution in [0.25, 0.3) is 0 Å². The molecule has 0 saturated carbocycles. The molecule has 0 aliphatic carbocycles. The standard InChI is InChI=1S/C21H28N4O2/c1-27-16-19-4-2-17(3-5-19)14-23-21(26)24-20-8-12-25(13-9-20)15-18-6-10-22-11-7-18/h2-7,10-11,20H,8-9,12-16H2,1H3,(H2,23,24,26). The van der Waals surface area contributed by atoms with Gasteiger partial charge in [0.05, 0.1) is 6.61 Å². The van der Waals surface area contributed by atoms with Gasteiger partial charge in [0, 0.05) is 51.7 Å². The number of rotatable bonds is 7. The van der Waals surface area contributed by atoms with Gasteiger partial charge in [-0.05, 0) is 41.7 Å². The van der Waals surface area contributed by atoms with Gasteiger partial charge in [-0.3, -0.25) is 9.88 Å². The molecule has 27 heavy (non-hydrogen) atoms. The van der Waals surface area contributed by atoms with E-state index in [9.17, 15) is 4.79 Å². The van der Waals surface area contributed by atoms with Gasteiger partial charge in [-0.25, -0.2) is 4.79 Å². The van der Waals surface area contributed by atoms with Crippen molar-refractivity contribution in [1.82, 2.24) is 20.5 Å². The summed E-state index contributed by atoms with van der Waals surface area (Å²) in [5.41, 5.74) is 3.49. The van der Waals surface area contributed by atoms with Crippen molar-refractivity contribution >= 4 is 6.03 Å². The predicted octanol–water partition coefficient (Wildman–Crippen LogP) is 2.69. The van der Waals surface area contributed by atoms with Crippen LogP contribution in [0.4, 0.5) is 4.79 Å². The number of ether oxygens (including phenoxy) is 1. The molecule has 0 atom stereocenters. The number of nitrogens with one attached hydrogen (secondary N) is 2. The van der Waals surface area contributed by atoms with Crippen molar-refractivity contribution in [3.8, 4) is 0 Å². The summed E-state index contributed by atoms with van der Waals surface area (Å²) < 4.78 is 5.11. The molecule has 144 valence electrons. The van der Waals surface area contributed by atoms with Gasteiger partial charge in [-0.1, -0.05) is 24.3 Å². The van der Waals surface area contributed by atoms with Crippen LogP contribution < -0.4 is 10.6 Å². The fourth-order valence-corrected chi connectivity index (χ4v) is 3.32. The molecule has 1 aliphatic rings. The maximum absolute atomic E-state index is 12.2. The van der Waals surface area contributed by atoms with Crippen LogP contribution in [0, 0.1) is 0 Å². The zero-order chi connectivity index (χ0) is 18.9. The van der Waals surface area contributed by atoms with Gasteiger partial charge in [0.1, 0.15) is 0 Å². The molecule has 0 spiro atoms. The van der Waals surface area contributed by atoms with Gasteiger partial charge >= 0.3 is 6.03 Å². The Bertz CT molecular complexity index is 698. The summed E-state index contributed by atoms with van der Waals surface area (Å²) in [6, 6.07) is 12.3. The van der Waals surface area contributed by atoms with Crippen LogP contribution in [0.3, 0.4) is 0 Å². The minimum Gasteiger partial charge on any atom is -0.380 e. The Morgan fingerprint density at radius 1 is 1.07 bits per heavy atom. The van der Waals surface area contributed by atoms with Crippen LogP contribution in [0.5, 0.6) is 0 Å². The summed E-state index contributed by atoms with van der Waals surface area (Å²) in [6.07, 6.45) is 5.62. The topological polar surface area (TPSA) is 66.5 Å². The van der Waals surface area contributed by atoms with E-state index in [1.54, 1.807) is 7.11 Å². The number of pyridine rings is 1. The summed E-state index contributed by atoms with van der Waals surface area (Å²) >= 11 is 0. The van der Waals surface area contributed by atoms with E-state index in [0.29, 0.717) is 13.2 Å². The molecule has 1 saturated heterocycles. The van der Waals surface area contributed by atoms with E-state index in [4.69, 9.17) is 4.74 Å². The average Bonchev–Trinajstić information content (AvgIpc) is 2.70. The first-order valence-corrected chi connectivity index (χ1v) is 9.45. The molecule has 0 unspecified atom stereocenters. The quantitative estimate of drug-likeness (QED) is 0.789. The molecule has 1 aromatic carbocycles. The number of nitrogens with zero attached hydrogens (tertiary/aromatic N) is 2. The highest BCUT2D eigenvalue weighted by Gasteiger charge is 2.20. The normalized spacial score (nSPS) is 15.4. The second kappa shape index (κ2) is 10.0. The Morgan fingerprint density at radius 3 is 2.41 bits per heavy atom. The third-order valence-electron chi connectivity index (χ3n) is 4.87. The number of urea groups is 1. The van der Waals surface area contributed by atoms with E-state index in [1.165, 1.54) is 5.56 Å². The van der Waals surface area contributed by atoms with Crippen molar-refractivity contribution in [2.45, 2.75) is 38.6 Å². The summed E-state index contributed by atoms with van der Waals surface area (Å²) in [5, 5.41) is 6.05. The fraction of sp³-hybridized carbons (Fsp3) is 0.429. The second-order valence-corrected chi connectivity index (χ2v) is 6.98. The lowest BCUT2D eigenvalue weighted by Gasteiger charge is -2.32. The SMILES string of the molecule is COCc1ccc(CNC(=O)NC2CCN(Cc3ccncc3)CC2)cc1. The fourth-order valence-electron chi connectivity index (χ4n) is 3.32. The molecule has 1 fully saturated rings. The van der Waals surface area contributed by atoms with E-state index in [1.807, 2.05) is 36.7 Å². The highest BCUT2D eigenvalue weighted by Crippen LogP contribution is 2.13. The lowest BCUT2D eigenvalue weighted by Crippen LogP contribution is -2.47. The molecule has 2 aromatic rings. The average molecular weight is 368 g/mol. The van der Waals surface area contributed by atoms with Crippen molar-refractivity contribution in [3.63, 3.8) is 0 Å². The minimum absolute atomic E-state index is 0.0939. The van der Waals surface area contributed by atoms with E-state index in [2.05, 4.69) is 32.7 Å². The molecule has 2 N–H and O–H groups in total.